The second-order valence-corrected chi connectivity index (χ2v) is 6.62. The van der Waals surface area contributed by atoms with Crippen LogP contribution in [0, 0.1) is 11.3 Å². The first kappa shape index (κ1) is 17.7. The third-order valence-electron chi connectivity index (χ3n) is 4.80. The van der Waals surface area contributed by atoms with Gasteiger partial charge in [0.2, 0.25) is 12.3 Å². The van der Waals surface area contributed by atoms with Crippen molar-refractivity contribution in [3.8, 4) is 0 Å². The Hall–Kier alpha value is -1.63. The molecule has 1 aliphatic heterocycles. The summed E-state index contributed by atoms with van der Waals surface area (Å²) in [5.41, 5.74) is 0.381. The van der Waals surface area contributed by atoms with Crippen LogP contribution in [-0.2, 0) is 16.0 Å². The molecule has 1 aromatic heterocycles. The Kier molecular flexibility index (Phi) is 5.98. The molecule has 6 nitrogen and oxygen atoms in total. The number of nitrogens with zero attached hydrogens (tertiary/aromatic N) is 2. The van der Waals surface area contributed by atoms with E-state index in [2.05, 4.69) is 34.4 Å². The third-order valence-corrected chi connectivity index (χ3v) is 5.36. The van der Waals surface area contributed by atoms with E-state index in [1.807, 2.05) is 6.26 Å². The highest BCUT2D eigenvalue weighted by Gasteiger charge is 2.47. The number of carbonyl (C=O) groups excluding carboxylic acids is 2. The van der Waals surface area contributed by atoms with Crippen molar-refractivity contribution >= 4 is 29.9 Å². The number of amides is 2. The first-order valence-electron chi connectivity index (χ1n) is 7.99. The van der Waals surface area contributed by atoms with Crippen LogP contribution in [0.15, 0.2) is 11.4 Å². The maximum Gasteiger partial charge on any atom is 0.226 e. The van der Waals surface area contributed by atoms with Gasteiger partial charge in [-0.3, -0.25) is 9.59 Å². The second-order valence-electron chi connectivity index (χ2n) is 5.84. The molecule has 0 aliphatic carbocycles. The fourth-order valence-electron chi connectivity index (χ4n) is 3.60. The number of thioether (sulfide) groups is 1. The summed E-state index contributed by atoms with van der Waals surface area (Å²) in [6, 6.07) is 0. The first-order chi connectivity index (χ1) is 11.1. The topological polar surface area (TPSA) is 84.0 Å². The smallest absolute Gasteiger partial charge is 0.226 e. The molecule has 1 unspecified atom stereocenters. The van der Waals surface area contributed by atoms with Gasteiger partial charge < -0.3 is 10.6 Å². The van der Waals surface area contributed by atoms with E-state index in [9.17, 15) is 9.59 Å². The summed E-state index contributed by atoms with van der Waals surface area (Å²) in [5.74, 6) is 0.913. The van der Waals surface area contributed by atoms with E-state index in [1.54, 1.807) is 6.20 Å². The minimum atomic E-state index is -0.437. The molecule has 1 fully saturated rings. The van der Waals surface area contributed by atoms with Crippen LogP contribution in [0.25, 0.3) is 0 Å². The summed E-state index contributed by atoms with van der Waals surface area (Å²) < 4.78 is 0. The van der Waals surface area contributed by atoms with Gasteiger partial charge >= 0.3 is 0 Å². The Balaban J connectivity index is 2.40. The Bertz CT molecular complexity index is 577. The number of rotatable bonds is 8. The lowest BCUT2D eigenvalue weighted by Gasteiger charge is -2.34. The maximum atomic E-state index is 12.6. The van der Waals surface area contributed by atoms with Crippen LogP contribution in [0.3, 0.4) is 0 Å². The molecule has 0 spiro atoms. The van der Waals surface area contributed by atoms with Crippen molar-refractivity contribution in [3.05, 3.63) is 11.8 Å². The molecule has 7 heteroatoms. The van der Waals surface area contributed by atoms with Gasteiger partial charge in [0.25, 0.3) is 0 Å². The predicted molar refractivity (Wildman–Crippen MR) is 91.3 cm³/mol. The lowest BCUT2D eigenvalue weighted by molar-refractivity contribution is -0.130. The maximum absolute atomic E-state index is 12.6. The zero-order valence-electron chi connectivity index (χ0n) is 13.9. The summed E-state index contributed by atoms with van der Waals surface area (Å²) in [4.78, 5) is 32.2. The van der Waals surface area contributed by atoms with Crippen LogP contribution in [-0.4, -0.2) is 35.1 Å². The minimum Gasteiger partial charge on any atom is -0.356 e. The Labute approximate surface area is 141 Å². The van der Waals surface area contributed by atoms with E-state index in [4.69, 9.17) is 0 Å². The molecule has 23 heavy (non-hydrogen) atoms. The zero-order chi connectivity index (χ0) is 16.9. The molecule has 1 atom stereocenters. The number of hydrogen-bond donors (Lipinski definition) is 2. The Morgan fingerprint density at radius 1 is 1.48 bits per heavy atom. The van der Waals surface area contributed by atoms with Crippen molar-refractivity contribution in [2.75, 3.05) is 18.1 Å². The molecule has 0 bridgehead atoms. The van der Waals surface area contributed by atoms with E-state index in [-0.39, 0.29) is 5.91 Å². The van der Waals surface area contributed by atoms with Crippen molar-refractivity contribution in [2.24, 2.45) is 11.3 Å². The van der Waals surface area contributed by atoms with E-state index < -0.39 is 5.41 Å². The van der Waals surface area contributed by atoms with Crippen LogP contribution in [0.1, 0.15) is 38.7 Å². The number of anilines is 1. The van der Waals surface area contributed by atoms with E-state index in [1.165, 1.54) is 11.8 Å². The minimum absolute atomic E-state index is 0.109. The average molecular weight is 336 g/mol. The molecule has 0 saturated carbocycles. The van der Waals surface area contributed by atoms with E-state index >= 15 is 0 Å². The number of nitrogens with one attached hydrogen (secondary N) is 2. The average Bonchev–Trinajstić information content (AvgIpc) is 2.92. The van der Waals surface area contributed by atoms with Crippen molar-refractivity contribution < 1.29 is 9.59 Å². The third kappa shape index (κ3) is 3.49. The summed E-state index contributed by atoms with van der Waals surface area (Å²) in [7, 11) is 0. The van der Waals surface area contributed by atoms with Gasteiger partial charge in [-0.05, 0) is 25.0 Å². The quantitative estimate of drug-likeness (QED) is 0.432. The largest absolute Gasteiger partial charge is 0.356 e. The summed E-state index contributed by atoms with van der Waals surface area (Å²) >= 11 is 1.42. The molecule has 0 radical (unpaired) electrons. The monoisotopic (exact) mass is 336 g/mol. The van der Waals surface area contributed by atoms with Crippen LogP contribution >= 0.6 is 11.8 Å². The van der Waals surface area contributed by atoms with Crippen molar-refractivity contribution in [3.63, 3.8) is 0 Å². The standard InChI is InChI=1S/C16H24N4O2S/c1-4-12(5-2)16(6-7-17-14(16)22)8-11-9-18-15(23-3)20-13(11)19-10-21/h9-10,12H,4-8H2,1-3H3,(H,17,22)(H,18,19,20,21). The van der Waals surface area contributed by atoms with Crippen LogP contribution in [0.2, 0.25) is 0 Å². The molecule has 2 heterocycles. The van der Waals surface area contributed by atoms with Crippen molar-refractivity contribution in [1.29, 1.82) is 0 Å². The molecule has 1 aliphatic rings. The summed E-state index contributed by atoms with van der Waals surface area (Å²) in [6.45, 7) is 4.95. The SMILES string of the molecule is CCC(CC)C1(Cc2cnc(SC)nc2NC=O)CCNC1=O. The fraction of sp³-hybridized carbons (Fsp3) is 0.625. The highest BCUT2D eigenvalue weighted by Crippen LogP contribution is 2.43. The Morgan fingerprint density at radius 3 is 2.74 bits per heavy atom. The van der Waals surface area contributed by atoms with Gasteiger partial charge in [0.15, 0.2) is 5.16 Å². The van der Waals surface area contributed by atoms with Crippen molar-refractivity contribution in [2.45, 2.75) is 44.7 Å². The molecule has 2 N–H and O–H groups in total. The molecule has 2 amide bonds. The second kappa shape index (κ2) is 7.77. The number of hydrogen-bond acceptors (Lipinski definition) is 5. The normalized spacial score (nSPS) is 20.6. The van der Waals surface area contributed by atoms with Gasteiger partial charge in [-0.1, -0.05) is 38.5 Å². The van der Waals surface area contributed by atoms with Crippen molar-refractivity contribution in [1.82, 2.24) is 15.3 Å². The molecule has 0 aromatic carbocycles. The van der Waals surface area contributed by atoms with Gasteiger partial charge in [0.05, 0.1) is 5.41 Å². The van der Waals surface area contributed by atoms with Gasteiger partial charge in [-0.2, -0.15) is 0 Å². The molecular weight excluding hydrogens is 312 g/mol. The summed E-state index contributed by atoms with van der Waals surface area (Å²) in [5, 5.41) is 6.24. The zero-order valence-corrected chi connectivity index (χ0v) is 14.7. The lowest BCUT2D eigenvalue weighted by Crippen LogP contribution is -2.40. The van der Waals surface area contributed by atoms with Crippen LogP contribution < -0.4 is 10.6 Å². The fourth-order valence-corrected chi connectivity index (χ4v) is 3.94. The van der Waals surface area contributed by atoms with Gasteiger partial charge in [-0.15, -0.1) is 0 Å². The van der Waals surface area contributed by atoms with E-state index in [0.29, 0.717) is 36.3 Å². The molecule has 126 valence electrons. The molecule has 2 rings (SSSR count). The van der Waals surface area contributed by atoms with Gasteiger partial charge in [-0.25, -0.2) is 9.97 Å². The van der Waals surface area contributed by atoms with Gasteiger partial charge in [0, 0.05) is 18.3 Å². The summed E-state index contributed by atoms with van der Waals surface area (Å²) in [6.07, 6.45) is 7.50. The van der Waals surface area contributed by atoms with E-state index in [0.717, 1.165) is 24.8 Å². The van der Waals surface area contributed by atoms with Crippen LogP contribution in [0.4, 0.5) is 5.82 Å². The number of carbonyl (C=O) groups is 2. The molecule has 1 aromatic rings. The molecular formula is C16H24N4O2S. The number of aromatic nitrogens is 2. The first-order valence-corrected chi connectivity index (χ1v) is 9.22. The highest BCUT2D eigenvalue weighted by atomic mass is 32.2. The predicted octanol–water partition coefficient (Wildman–Crippen LogP) is 2.25. The van der Waals surface area contributed by atoms with Gasteiger partial charge in [0.1, 0.15) is 5.82 Å². The van der Waals surface area contributed by atoms with Crippen LogP contribution in [0.5, 0.6) is 0 Å². The highest BCUT2D eigenvalue weighted by molar-refractivity contribution is 7.98. The molecule has 1 saturated heterocycles. The lowest BCUT2D eigenvalue weighted by atomic mass is 9.68. The Morgan fingerprint density at radius 2 is 2.22 bits per heavy atom.